The highest BCUT2D eigenvalue weighted by Crippen LogP contribution is 2.34. The van der Waals surface area contributed by atoms with Gasteiger partial charge in [0.2, 0.25) is 10.0 Å². The summed E-state index contributed by atoms with van der Waals surface area (Å²) in [5, 5.41) is 0. The quantitative estimate of drug-likeness (QED) is 0.780. The molecule has 0 amide bonds. The predicted octanol–water partition coefficient (Wildman–Crippen LogP) is 2.11. The van der Waals surface area contributed by atoms with E-state index >= 15 is 0 Å². The summed E-state index contributed by atoms with van der Waals surface area (Å²) in [6.07, 6.45) is 2.78. The number of halogens is 1. The van der Waals surface area contributed by atoms with E-state index in [4.69, 9.17) is 11.6 Å². The van der Waals surface area contributed by atoms with Gasteiger partial charge in [0.25, 0.3) is 0 Å². The molecule has 0 unspecified atom stereocenters. The zero-order valence-electron chi connectivity index (χ0n) is 9.64. The van der Waals surface area contributed by atoms with E-state index in [0.717, 1.165) is 19.3 Å². The minimum atomic E-state index is -3.20. The van der Waals surface area contributed by atoms with Crippen molar-refractivity contribution >= 4 is 21.6 Å². The molecule has 0 aromatic heterocycles. The summed E-state index contributed by atoms with van der Waals surface area (Å²) in [4.78, 5) is 0. The van der Waals surface area contributed by atoms with Gasteiger partial charge in [-0.3, -0.25) is 0 Å². The van der Waals surface area contributed by atoms with E-state index in [0.29, 0.717) is 5.88 Å². The van der Waals surface area contributed by atoms with E-state index in [2.05, 4.69) is 4.72 Å². The van der Waals surface area contributed by atoms with Crippen LogP contribution in [0.4, 0.5) is 0 Å². The van der Waals surface area contributed by atoms with E-state index in [1.54, 1.807) is 0 Å². The molecular weight excluding hydrogens is 234 g/mol. The molecular formula is C10H20ClNO2S. The molecule has 1 rings (SSSR count). The van der Waals surface area contributed by atoms with Crippen molar-refractivity contribution in [2.75, 3.05) is 11.6 Å². The summed E-state index contributed by atoms with van der Waals surface area (Å²) in [6.45, 7) is 5.75. The first-order chi connectivity index (χ1) is 6.68. The first-order valence-corrected chi connectivity index (χ1v) is 7.44. The third-order valence-electron chi connectivity index (χ3n) is 2.56. The summed E-state index contributed by atoms with van der Waals surface area (Å²) in [7, 11) is -3.20. The van der Waals surface area contributed by atoms with Gasteiger partial charge in [-0.05, 0) is 24.7 Å². The molecule has 0 aromatic carbocycles. The van der Waals surface area contributed by atoms with Crippen LogP contribution >= 0.6 is 11.6 Å². The average Bonchev–Trinajstić information content (AvgIpc) is 1.92. The highest BCUT2D eigenvalue weighted by atomic mass is 35.5. The fraction of sp³-hybridized carbons (Fsp3) is 1.00. The molecule has 0 saturated heterocycles. The number of alkyl halides is 1. The number of hydrogen-bond acceptors (Lipinski definition) is 2. The molecule has 3 nitrogen and oxygen atoms in total. The van der Waals surface area contributed by atoms with Gasteiger partial charge in [0, 0.05) is 11.4 Å². The third-order valence-corrected chi connectivity index (χ3v) is 5.06. The molecule has 15 heavy (non-hydrogen) atoms. The van der Waals surface area contributed by atoms with Crippen LogP contribution in [0.25, 0.3) is 0 Å². The van der Waals surface area contributed by atoms with Gasteiger partial charge in [0.05, 0.1) is 5.75 Å². The van der Waals surface area contributed by atoms with E-state index in [1.165, 1.54) is 0 Å². The van der Waals surface area contributed by atoms with E-state index in [1.807, 2.05) is 20.8 Å². The maximum absolute atomic E-state index is 11.8. The Bertz CT molecular complexity index is 309. The summed E-state index contributed by atoms with van der Waals surface area (Å²) in [5.41, 5.74) is -0.575. The van der Waals surface area contributed by atoms with Crippen LogP contribution in [0.5, 0.6) is 0 Å². The van der Waals surface area contributed by atoms with Gasteiger partial charge in [0.15, 0.2) is 0 Å². The molecule has 0 bridgehead atoms. The monoisotopic (exact) mass is 253 g/mol. The molecule has 1 fully saturated rings. The number of nitrogens with one attached hydrogen (secondary N) is 1. The van der Waals surface area contributed by atoms with Crippen LogP contribution < -0.4 is 4.72 Å². The van der Waals surface area contributed by atoms with Gasteiger partial charge in [-0.1, -0.05) is 20.8 Å². The second-order valence-electron chi connectivity index (χ2n) is 5.69. The predicted molar refractivity (Wildman–Crippen MR) is 63.7 cm³/mol. The van der Waals surface area contributed by atoms with E-state index in [-0.39, 0.29) is 16.7 Å². The Kier molecular flexibility index (Phi) is 3.74. The van der Waals surface area contributed by atoms with Crippen molar-refractivity contribution in [2.24, 2.45) is 5.41 Å². The average molecular weight is 254 g/mol. The smallest absolute Gasteiger partial charge is 0.212 e. The Morgan fingerprint density at radius 2 is 1.87 bits per heavy atom. The first-order valence-electron chi connectivity index (χ1n) is 5.26. The summed E-state index contributed by atoms with van der Waals surface area (Å²) >= 11 is 5.81. The Morgan fingerprint density at radius 3 is 2.13 bits per heavy atom. The fourth-order valence-electron chi connectivity index (χ4n) is 1.80. The van der Waals surface area contributed by atoms with Crippen molar-refractivity contribution in [1.82, 2.24) is 4.72 Å². The zero-order valence-corrected chi connectivity index (χ0v) is 11.2. The van der Waals surface area contributed by atoms with Gasteiger partial charge in [-0.15, -0.1) is 11.6 Å². The standard InChI is InChI=1S/C10H20ClNO2S/c1-9(2,3)8-15(13,14)12-10(7-11)5-4-6-10/h12H,4-8H2,1-3H3. The normalized spacial score (nSPS) is 21.1. The third kappa shape index (κ3) is 3.93. The number of sulfonamides is 1. The maximum Gasteiger partial charge on any atom is 0.212 e. The molecule has 0 atom stereocenters. The van der Waals surface area contributed by atoms with Crippen LogP contribution in [0.1, 0.15) is 40.0 Å². The van der Waals surface area contributed by atoms with Crippen molar-refractivity contribution in [3.63, 3.8) is 0 Å². The highest BCUT2D eigenvalue weighted by Gasteiger charge is 2.40. The Balaban J connectivity index is 2.64. The highest BCUT2D eigenvalue weighted by molar-refractivity contribution is 7.89. The molecule has 1 saturated carbocycles. The topological polar surface area (TPSA) is 46.2 Å². The summed E-state index contributed by atoms with van der Waals surface area (Å²) in [6, 6.07) is 0. The molecule has 0 aliphatic heterocycles. The molecule has 0 aromatic rings. The van der Waals surface area contributed by atoms with Crippen LogP contribution in [-0.4, -0.2) is 25.6 Å². The van der Waals surface area contributed by atoms with Crippen molar-refractivity contribution in [2.45, 2.75) is 45.6 Å². The lowest BCUT2D eigenvalue weighted by Gasteiger charge is -2.41. The van der Waals surface area contributed by atoms with Crippen LogP contribution in [-0.2, 0) is 10.0 Å². The molecule has 0 radical (unpaired) electrons. The van der Waals surface area contributed by atoms with E-state index < -0.39 is 10.0 Å². The number of hydrogen-bond donors (Lipinski definition) is 1. The Labute approximate surface area is 97.6 Å². The molecule has 0 heterocycles. The van der Waals surface area contributed by atoms with Gasteiger partial charge in [-0.25, -0.2) is 13.1 Å². The Hall–Kier alpha value is 0.200. The minimum Gasteiger partial charge on any atom is -0.212 e. The maximum atomic E-state index is 11.8. The Morgan fingerprint density at radius 1 is 1.33 bits per heavy atom. The molecule has 1 aliphatic rings. The summed E-state index contributed by atoms with van der Waals surface area (Å²) in [5.74, 6) is 0.523. The second-order valence-corrected chi connectivity index (χ2v) is 7.68. The molecule has 90 valence electrons. The van der Waals surface area contributed by atoms with Crippen molar-refractivity contribution in [3.05, 3.63) is 0 Å². The number of rotatable bonds is 4. The van der Waals surface area contributed by atoms with Crippen LogP contribution in [0.3, 0.4) is 0 Å². The SMILES string of the molecule is CC(C)(C)CS(=O)(=O)NC1(CCl)CCC1. The lowest BCUT2D eigenvalue weighted by Crippen LogP contribution is -2.56. The van der Waals surface area contributed by atoms with E-state index in [9.17, 15) is 8.42 Å². The van der Waals surface area contributed by atoms with Crippen molar-refractivity contribution in [1.29, 1.82) is 0 Å². The first kappa shape index (κ1) is 13.3. The largest absolute Gasteiger partial charge is 0.212 e. The lowest BCUT2D eigenvalue weighted by molar-refractivity contribution is 0.251. The minimum absolute atomic E-state index is 0.151. The lowest BCUT2D eigenvalue weighted by atomic mass is 9.79. The second kappa shape index (κ2) is 4.22. The zero-order chi connectivity index (χ0) is 11.7. The molecule has 5 heteroatoms. The van der Waals surface area contributed by atoms with Crippen LogP contribution in [0.15, 0.2) is 0 Å². The molecule has 1 N–H and O–H groups in total. The van der Waals surface area contributed by atoms with Crippen LogP contribution in [0, 0.1) is 5.41 Å². The van der Waals surface area contributed by atoms with Crippen LogP contribution in [0.2, 0.25) is 0 Å². The van der Waals surface area contributed by atoms with Gasteiger partial charge in [0.1, 0.15) is 0 Å². The summed E-state index contributed by atoms with van der Waals surface area (Å²) < 4.78 is 26.4. The van der Waals surface area contributed by atoms with Gasteiger partial charge in [-0.2, -0.15) is 0 Å². The van der Waals surface area contributed by atoms with Crippen molar-refractivity contribution in [3.8, 4) is 0 Å². The van der Waals surface area contributed by atoms with Crippen molar-refractivity contribution < 1.29 is 8.42 Å². The fourth-order valence-corrected chi connectivity index (χ4v) is 4.36. The molecule has 1 aliphatic carbocycles. The van der Waals surface area contributed by atoms with Gasteiger partial charge < -0.3 is 0 Å². The van der Waals surface area contributed by atoms with Gasteiger partial charge >= 0.3 is 0 Å². The molecule has 0 spiro atoms.